The van der Waals surface area contributed by atoms with Gasteiger partial charge in [0.05, 0.1) is 5.69 Å². The number of piperidine rings is 1. The summed E-state index contributed by atoms with van der Waals surface area (Å²) in [5, 5.41) is 2.07. The fraction of sp³-hybridized carbons (Fsp3) is 0.438. The standard InChI is InChI=1S/C16H20N6S/c1-20(15-2-5-17-12-18-15)14-3-6-21(7-4-14)10-13-11-22-8-9-23-16(22)19-13/h2,5,8-9,11-12,14H,3-4,6-7,10H2,1H3. The summed E-state index contributed by atoms with van der Waals surface area (Å²) in [6.07, 6.45) is 9.94. The fourth-order valence-electron chi connectivity index (χ4n) is 3.23. The van der Waals surface area contributed by atoms with Crippen molar-refractivity contribution in [3.63, 3.8) is 0 Å². The molecule has 0 aliphatic carbocycles. The van der Waals surface area contributed by atoms with Gasteiger partial charge in [0.1, 0.15) is 12.1 Å². The van der Waals surface area contributed by atoms with E-state index in [0.717, 1.165) is 43.3 Å². The normalized spacial score (nSPS) is 16.9. The SMILES string of the molecule is CN(c1ccncn1)C1CCN(Cc2cn3ccsc3n2)CC1. The van der Waals surface area contributed by atoms with Crippen molar-refractivity contribution in [1.82, 2.24) is 24.3 Å². The molecule has 120 valence electrons. The third kappa shape index (κ3) is 3.07. The minimum absolute atomic E-state index is 0.548. The lowest BCUT2D eigenvalue weighted by atomic mass is 10.0. The quantitative estimate of drug-likeness (QED) is 0.735. The Kier molecular flexibility index (Phi) is 3.97. The summed E-state index contributed by atoms with van der Waals surface area (Å²) >= 11 is 1.69. The van der Waals surface area contributed by atoms with Crippen LogP contribution in [0, 0.1) is 0 Å². The fourth-order valence-corrected chi connectivity index (χ4v) is 3.94. The van der Waals surface area contributed by atoms with Crippen LogP contribution in [0.25, 0.3) is 4.96 Å². The van der Waals surface area contributed by atoms with Crippen molar-refractivity contribution in [2.24, 2.45) is 0 Å². The van der Waals surface area contributed by atoms with Gasteiger partial charge in [0.25, 0.3) is 0 Å². The van der Waals surface area contributed by atoms with Crippen LogP contribution in [0.2, 0.25) is 0 Å². The second-order valence-corrected chi connectivity index (χ2v) is 6.88. The molecule has 0 atom stereocenters. The average molecular weight is 328 g/mol. The zero-order valence-electron chi connectivity index (χ0n) is 13.2. The number of nitrogens with zero attached hydrogens (tertiary/aromatic N) is 6. The van der Waals surface area contributed by atoms with Crippen molar-refractivity contribution < 1.29 is 0 Å². The molecule has 0 radical (unpaired) electrons. The van der Waals surface area contributed by atoms with E-state index in [1.165, 1.54) is 5.69 Å². The van der Waals surface area contributed by atoms with Crippen LogP contribution in [0.1, 0.15) is 18.5 Å². The number of likely N-dealkylation sites (tertiary alicyclic amines) is 1. The number of hydrogen-bond acceptors (Lipinski definition) is 6. The molecule has 4 rings (SSSR count). The van der Waals surface area contributed by atoms with Gasteiger partial charge in [-0.1, -0.05) is 0 Å². The number of imidazole rings is 1. The lowest BCUT2D eigenvalue weighted by Crippen LogP contribution is -2.43. The van der Waals surface area contributed by atoms with Gasteiger partial charge in [-0.15, -0.1) is 11.3 Å². The van der Waals surface area contributed by atoms with Crippen LogP contribution in [0.4, 0.5) is 5.82 Å². The second-order valence-electron chi connectivity index (χ2n) is 6.01. The molecule has 3 aromatic rings. The predicted molar refractivity (Wildman–Crippen MR) is 91.8 cm³/mol. The van der Waals surface area contributed by atoms with Gasteiger partial charge in [-0.2, -0.15) is 0 Å². The Hall–Kier alpha value is -1.99. The summed E-state index contributed by atoms with van der Waals surface area (Å²) in [5.41, 5.74) is 1.17. The highest BCUT2D eigenvalue weighted by Crippen LogP contribution is 2.21. The van der Waals surface area contributed by atoms with E-state index < -0.39 is 0 Å². The molecule has 0 N–H and O–H groups in total. The topological polar surface area (TPSA) is 49.6 Å². The van der Waals surface area contributed by atoms with E-state index in [1.807, 2.05) is 6.07 Å². The molecule has 0 bridgehead atoms. The molecule has 4 heterocycles. The maximum atomic E-state index is 4.68. The summed E-state index contributed by atoms with van der Waals surface area (Å²) < 4.78 is 2.11. The van der Waals surface area contributed by atoms with Gasteiger partial charge in [0.2, 0.25) is 0 Å². The number of rotatable bonds is 4. The summed E-state index contributed by atoms with van der Waals surface area (Å²) in [7, 11) is 2.13. The van der Waals surface area contributed by atoms with E-state index in [4.69, 9.17) is 0 Å². The Labute approximate surface area is 139 Å². The summed E-state index contributed by atoms with van der Waals surface area (Å²) in [6.45, 7) is 3.15. The molecule has 1 fully saturated rings. The first kappa shape index (κ1) is 14.6. The first-order valence-corrected chi connectivity index (χ1v) is 8.80. The molecule has 7 heteroatoms. The van der Waals surface area contributed by atoms with Gasteiger partial charge in [-0.3, -0.25) is 9.30 Å². The molecule has 6 nitrogen and oxygen atoms in total. The molecule has 0 aromatic carbocycles. The van der Waals surface area contributed by atoms with E-state index in [1.54, 1.807) is 23.9 Å². The molecular weight excluding hydrogens is 308 g/mol. The molecular formula is C16H20N6S. The van der Waals surface area contributed by atoms with Crippen molar-refractivity contribution in [1.29, 1.82) is 0 Å². The zero-order chi connectivity index (χ0) is 15.6. The highest BCUT2D eigenvalue weighted by atomic mass is 32.1. The Balaban J connectivity index is 1.34. The van der Waals surface area contributed by atoms with Gasteiger partial charge >= 0.3 is 0 Å². The van der Waals surface area contributed by atoms with E-state index in [2.05, 4.69) is 54.0 Å². The van der Waals surface area contributed by atoms with Crippen LogP contribution in [0.15, 0.2) is 36.4 Å². The Bertz CT molecular complexity index is 731. The van der Waals surface area contributed by atoms with Crippen molar-refractivity contribution in [3.8, 4) is 0 Å². The number of thiazole rings is 1. The van der Waals surface area contributed by atoms with Crippen molar-refractivity contribution in [3.05, 3.63) is 42.1 Å². The highest BCUT2D eigenvalue weighted by molar-refractivity contribution is 7.15. The summed E-state index contributed by atoms with van der Waals surface area (Å²) in [5.74, 6) is 1.01. The number of fused-ring (bicyclic) bond motifs is 1. The van der Waals surface area contributed by atoms with E-state index in [-0.39, 0.29) is 0 Å². The predicted octanol–water partition coefficient (Wildman–Crippen LogP) is 2.29. The molecule has 1 aliphatic rings. The van der Waals surface area contributed by atoms with Crippen LogP contribution >= 0.6 is 11.3 Å². The Morgan fingerprint density at radius 1 is 1.35 bits per heavy atom. The van der Waals surface area contributed by atoms with Crippen molar-refractivity contribution in [2.75, 3.05) is 25.0 Å². The third-order valence-corrected chi connectivity index (χ3v) is 5.33. The Morgan fingerprint density at radius 2 is 2.22 bits per heavy atom. The molecule has 0 unspecified atom stereocenters. The average Bonchev–Trinajstić information content (AvgIpc) is 3.17. The monoisotopic (exact) mass is 328 g/mol. The number of anilines is 1. The largest absolute Gasteiger partial charge is 0.356 e. The molecule has 23 heavy (non-hydrogen) atoms. The minimum Gasteiger partial charge on any atom is -0.356 e. The number of aromatic nitrogens is 4. The lowest BCUT2D eigenvalue weighted by molar-refractivity contribution is 0.201. The number of hydrogen-bond donors (Lipinski definition) is 0. The lowest BCUT2D eigenvalue weighted by Gasteiger charge is -2.36. The van der Waals surface area contributed by atoms with Crippen molar-refractivity contribution >= 4 is 22.1 Å². The second kappa shape index (κ2) is 6.25. The van der Waals surface area contributed by atoms with Gasteiger partial charge in [0, 0.05) is 56.7 Å². The van der Waals surface area contributed by atoms with E-state index >= 15 is 0 Å². The molecule has 3 aromatic heterocycles. The van der Waals surface area contributed by atoms with E-state index in [9.17, 15) is 0 Å². The zero-order valence-corrected chi connectivity index (χ0v) is 14.0. The summed E-state index contributed by atoms with van der Waals surface area (Å²) in [4.78, 5) is 18.9. The maximum Gasteiger partial charge on any atom is 0.193 e. The summed E-state index contributed by atoms with van der Waals surface area (Å²) in [6, 6.07) is 2.52. The van der Waals surface area contributed by atoms with Gasteiger partial charge in [-0.05, 0) is 18.9 Å². The van der Waals surface area contributed by atoms with Gasteiger partial charge < -0.3 is 4.90 Å². The van der Waals surface area contributed by atoms with Crippen LogP contribution in [0.5, 0.6) is 0 Å². The van der Waals surface area contributed by atoms with Crippen LogP contribution < -0.4 is 4.90 Å². The molecule has 1 saturated heterocycles. The maximum absolute atomic E-state index is 4.68. The first-order chi connectivity index (χ1) is 11.3. The minimum atomic E-state index is 0.548. The first-order valence-electron chi connectivity index (χ1n) is 7.92. The van der Waals surface area contributed by atoms with E-state index in [0.29, 0.717) is 6.04 Å². The smallest absolute Gasteiger partial charge is 0.193 e. The van der Waals surface area contributed by atoms with Crippen LogP contribution in [-0.2, 0) is 6.54 Å². The van der Waals surface area contributed by atoms with Gasteiger partial charge in [0.15, 0.2) is 4.96 Å². The highest BCUT2D eigenvalue weighted by Gasteiger charge is 2.23. The van der Waals surface area contributed by atoms with Crippen LogP contribution in [0.3, 0.4) is 0 Å². The molecule has 0 saturated carbocycles. The molecule has 1 aliphatic heterocycles. The molecule has 0 spiro atoms. The molecule has 0 amide bonds. The van der Waals surface area contributed by atoms with Gasteiger partial charge in [-0.25, -0.2) is 15.0 Å². The van der Waals surface area contributed by atoms with Crippen molar-refractivity contribution in [2.45, 2.75) is 25.4 Å². The van der Waals surface area contributed by atoms with Crippen LogP contribution in [-0.4, -0.2) is 50.4 Å². The third-order valence-electron chi connectivity index (χ3n) is 4.56. The Morgan fingerprint density at radius 3 is 2.96 bits per heavy atom.